The number of esters is 1. The molecule has 0 radical (unpaired) electrons. The lowest BCUT2D eigenvalue weighted by atomic mass is 9.72. The fourth-order valence-corrected chi connectivity index (χ4v) is 5.52. The van der Waals surface area contributed by atoms with Crippen LogP contribution in [0.25, 0.3) is 0 Å². The molecule has 212 valence electrons. The molecule has 0 aromatic heterocycles. The number of imide groups is 1. The van der Waals surface area contributed by atoms with Crippen molar-refractivity contribution in [3.05, 3.63) is 0 Å². The Labute approximate surface area is 223 Å². The maximum Gasteiger partial charge on any atom is 0.329 e. The highest BCUT2D eigenvalue weighted by molar-refractivity contribution is 6.76. The predicted octanol–water partition coefficient (Wildman–Crippen LogP) is 3.93. The van der Waals surface area contributed by atoms with Gasteiger partial charge >= 0.3 is 18.0 Å². The van der Waals surface area contributed by atoms with E-state index in [1.54, 1.807) is 18.7 Å². The van der Waals surface area contributed by atoms with Crippen molar-refractivity contribution < 1.29 is 28.7 Å². The van der Waals surface area contributed by atoms with Crippen LogP contribution in [0.15, 0.2) is 0 Å². The van der Waals surface area contributed by atoms with E-state index in [9.17, 15) is 19.2 Å². The van der Waals surface area contributed by atoms with Gasteiger partial charge in [-0.3, -0.25) is 9.59 Å². The highest BCUT2D eigenvalue weighted by Gasteiger charge is 2.54. The van der Waals surface area contributed by atoms with Crippen molar-refractivity contribution in [1.82, 2.24) is 20.4 Å². The van der Waals surface area contributed by atoms with Crippen LogP contribution in [-0.4, -0.2) is 86.4 Å². The zero-order valence-electron chi connectivity index (χ0n) is 23.9. The van der Waals surface area contributed by atoms with Gasteiger partial charge in [0.2, 0.25) is 0 Å². The fraction of sp³-hybridized carbons (Fsp3) is 0.846. The molecule has 2 N–H and O–H groups in total. The van der Waals surface area contributed by atoms with E-state index >= 15 is 0 Å². The van der Waals surface area contributed by atoms with E-state index in [0.29, 0.717) is 45.4 Å². The van der Waals surface area contributed by atoms with Gasteiger partial charge in [-0.15, -0.1) is 0 Å². The molecule has 11 heteroatoms. The molecule has 0 bridgehead atoms. The van der Waals surface area contributed by atoms with Crippen molar-refractivity contribution in [3.8, 4) is 0 Å². The Morgan fingerprint density at radius 3 is 2.35 bits per heavy atom. The number of hydrogen-bond acceptors (Lipinski definition) is 6. The topological polar surface area (TPSA) is 117 Å². The number of hydrogen-bond donors (Lipinski definition) is 2. The lowest BCUT2D eigenvalue weighted by Crippen LogP contribution is -2.53. The number of nitrogens with zero attached hydrogens (tertiary/aromatic N) is 2. The minimum atomic E-state index is -1.29. The number of amides is 5. The summed E-state index contributed by atoms with van der Waals surface area (Å²) < 4.78 is 11.2. The molecule has 0 aromatic rings. The van der Waals surface area contributed by atoms with Crippen LogP contribution < -0.4 is 10.6 Å². The standard InChI is InChI=1S/C26H48N4O6Si/c1-8-9-14-27-23(33)28-21-10-12-26(13-11-21,18-36-20(2)31)17-30-24(34)29(22(32)25(30,3)4)19-35-15-16-37(5,6)7/h21H,8-19H2,1-7H3,(H2,27,28,33). The summed E-state index contributed by atoms with van der Waals surface area (Å²) in [6.45, 7) is 15.3. The molecule has 2 fully saturated rings. The second-order valence-electron chi connectivity index (χ2n) is 12.3. The molecule has 0 aromatic carbocycles. The Morgan fingerprint density at radius 1 is 1.14 bits per heavy atom. The van der Waals surface area contributed by atoms with Gasteiger partial charge in [-0.05, 0) is 52.0 Å². The monoisotopic (exact) mass is 540 g/mol. The predicted molar refractivity (Wildman–Crippen MR) is 145 cm³/mol. The molecule has 1 saturated carbocycles. The van der Waals surface area contributed by atoms with E-state index in [-0.39, 0.29) is 43.3 Å². The maximum absolute atomic E-state index is 13.4. The van der Waals surface area contributed by atoms with E-state index in [1.165, 1.54) is 11.8 Å². The van der Waals surface area contributed by atoms with Crippen molar-refractivity contribution in [2.45, 2.75) is 103 Å². The van der Waals surface area contributed by atoms with Gasteiger partial charge < -0.3 is 25.0 Å². The van der Waals surface area contributed by atoms with Crippen LogP contribution in [0, 0.1) is 5.41 Å². The van der Waals surface area contributed by atoms with Crippen LogP contribution in [0.3, 0.4) is 0 Å². The summed E-state index contributed by atoms with van der Waals surface area (Å²) in [6.07, 6.45) is 4.65. The van der Waals surface area contributed by atoms with Crippen molar-refractivity contribution in [2.24, 2.45) is 5.41 Å². The molecule has 1 saturated heterocycles. The minimum Gasteiger partial charge on any atom is -0.465 e. The van der Waals surface area contributed by atoms with Crippen molar-refractivity contribution >= 4 is 32.0 Å². The van der Waals surface area contributed by atoms with E-state index < -0.39 is 19.0 Å². The smallest absolute Gasteiger partial charge is 0.329 e. The molecular formula is C26H48N4O6Si. The molecule has 2 rings (SSSR count). The van der Waals surface area contributed by atoms with E-state index in [2.05, 4.69) is 37.2 Å². The normalized spacial score (nSPS) is 23.8. The Balaban J connectivity index is 2.06. The molecule has 0 spiro atoms. The molecule has 1 aliphatic carbocycles. The van der Waals surface area contributed by atoms with E-state index in [4.69, 9.17) is 9.47 Å². The molecule has 5 amide bonds. The number of carbonyl (C=O) groups excluding carboxylic acids is 4. The van der Waals surface area contributed by atoms with Gasteiger partial charge in [0.1, 0.15) is 12.3 Å². The van der Waals surface area contributed by atoms with Crippen molar-refractivity contribution in [3.63, 3.8) is 0 Å². The number of unbranched alkanes of at least 4 members (excludes halogenated alkanes) is 1. The zero-order valence-corrected chi connectivity index (χ0v) is 24.9. The second-order valence-corrected chi connectivity index (χ2v) is 17.9. The first-order valence-corrected chi connectivity index (χ1v) is 17.3. The van der Waals surface area contributed by atoms with E-state index in [1.807, 2.05) is 0 Å². The SMILES string of the molecule is CCCCNC(=O)NC1CCC(COC(C)=O)(CN2C(=O)N(COCC[Si](C)(C)C)C(=O)C2(C)C)CC1. The average Bonchev–Trinajstić information content (AvgIpc) is 2.96. The number of urea groups is 2. The molecular weight excluding hydrogens is 492 g/mol. The van der Waals surface area contributed by atoms with Gasteiger partial charge in [-0.2, -0.15) is 0 Å². The van der Waals surface area contributed by atoms with Gasteiger partial charge in [0.05, 0.1) is 6.61 Å². The highest BCUT2D eigenvalue weighted by atomic mass is 28.3. The van der Waals surface area contributed by atoms with Crippen LogP contribution in [0.1, 0.15) is 66.2 Å². The fourth-order valence-electron chi connectivity index (χ4n) is 4.76. The van der Waals surface area contributed by atoms with Gasteiger partial charge in [0, 0.05) is 46.2 Å². The van der Waals surface area contributed by atoms with E-state index in [0.717, 1.165) is 18.9 Å². The molecule has 0 unspecified atom stereocenters. The Kier molecular flexibility index (Phi) is 11.0. The third-order valence-corrected chi connectivity index (χ3v) is 9.10. The summed E-state index contributed by atoms with van der Waals surface area (Å²) in [4.78, 5) is 53.3. The number of nitrogens with one attached hydrogen (secondary N) is 2. The maximum atomic E-state index is 13.4. The Bertz CT molecular complexity index is 820. The van der Waals surface area contributed by atoms with Crippen molar-refractivity contribution in [2.75, 3.05) is 33.0 Å². The van der Waals surface area contributed by atoms with Gasteiger partial charge in [0.15, 0.2) is 0 Å². The van der Waals surface area contributed by atoms with Gasteiger partial charge in [-0.1, -0.05) is 33.0 Å². The van der Waals surface area contributed by atoms with Gasteiger partial charge in [0.25, 0.3) is 5.91 Å². The zero-order chi connectivity index (χ0) is 27.9. The number of rotatable bonds is 13. The molecule has 1 heterocycles. The Hall–Kier alpha value is -2.14. The Morgan fingerprint density at radius 2 is 1.78 bits per heavy atom. The second kappa shape index (κ2) is 13.1. The summed E-state index contributed by atoms with van der Waals surface area (Å²) >= 11 is 0. The van der Waals surface area contributed by atoms with Gasteiger partial charge in [-0.25, -0.2) is 14.5 Å². The summed E-state index contributed by atoms with van der Waals surface area (Å²) in [6, 6.07) is 0.415. The lowest BCUT2D eigenvalue weighted by Gasteiger charge is -2.44. The molecule has 2 aliphatic rings. The first-order chi connectivity index (χ1) is 17.2. The first-order valence-electron chi connectivity index (χ1n) is 13.6. The third kappa shape index (κ3) is 8.98. The average molecular weight is 541 g/mol. The quantitative estimate of drug-likeness (QED) is 0.158. The first kappa shape index (κ1) is 31.1. The van der Waals surface area contributed by atoms with Crippen LogP contribution in [-0.2, 0) is 19.1 Å². The molecule has 10 nitrogen and oxygen atoms in total. The van der Waals surface area contributed by atoms with Crippen LogP contribution in [0.5, 0.6) is 0 Å². The molecule has 0 atom stereocenters. The van der Waals surface area contributed by atoms with Crippen LogP contribution in [0.4, 0.5) is 9.59 Å². The summed E-state index contributed by atoms with van der Waals surface area (Å²) in [7, 11) is -1.29. The highest BCUT2D eigenvalue weighted by Crippen LogP contribution is 2.41. The third-order valence-electron chi connectivity index (χ3n) is 7.39. The summed E-state index contributed by atoms with van der Waals surface area (Å²) in [5.74, 6) is -0.664. The molecule has 1 aliphatic heterocycles. The number of carbonyl (C=O) groups is 4. The molecule has 37 heavy (non-hydrogen) atoms. The largest absolute Gasteiger partial charge is 0.465 e. The number of ether oxygens (including phenoxy) is 2. The van der Waals surface area contributed by atoms with Crippen LogP contribution in [0.2, 0.25) is 25.7 Å². The lowest BCUT2D eigenvalue weighted by molar-refractivity contribution is -0.146. The summed E-state index contributed by atoms with van der Waals surface area (Å²) in [5, 5.41) is 5.92. The summed E-state index contributed by atoms with van der Waals surface area (Å²) in [5.41, 5.74) is -1.53. The minimum absolute atomic E-state index is 0.00673. The van der Waals surface area contributed by atoms with Crippen molar-refractivity contribution in [1.29, 1.82) is 0 Å². The van der Waals surface area contributed by atoms with Crippen LogP contribution >= 0.6 is 0 Å².